The molecule has 2 aromatic rings. The van der Waals surface area contributed by atoms with Crippen LogP contribution in [0.25, 0.3) is 0 Å². The molecule has 110 valence electrons. The zero-order valence-corrected chi connectivity index (χ0v) is 15.6. The van der Waals surface area contributed by atoms with Gasteiger partial charge in [-0.05, 0) is 36.4 Å². The van der Waals surface area contributed by atoms with Crippen LogP contribution < -0.4 is 0 Å². The fourth-order valence-corrected chi connectivity index (χ4v) is 4.71. The van der Waals surface area contributed by atoms with Crippen molar-refractivity contribution < 1.29 is 4.21 Å². The minimum atomic E-state index is 0.382. The highest BCUT2D eigenvalue weighted by atomic mass is 35.5. The predicted octanol–water partition coefficient (Wildman–Crippen LogP) is 6.49. The number of hydrogen-bond donors (Lipinski definition) is 0. The first-order valence-corrected chi connectivity index (χ1v) is 9.31. The normalized spacial score (nSPS) is 10.5. The van der Waals surface area contributed by atoms with E-state index in [9.17, 15) is 4.21 Å². The second kappa shape index (κ2) is 8.16. The summed E-state index contributed by atoms with van der Waals surface area (Å²) in [5.74, 6) is 0. The van der Waals surface area contributed by atoms with Crippen molar-refractivity contribution in [3.63, 3.8) is 0 Å². The van der Waals surface area contributed by atoms with E-state index in [0.29, 0.717) is 39.8 Å². The minimum Gasteiger partial charge on any atom is -0.211 e. The maximum absolute atomic E-state index is 11.3. The Hall–Kier alpha value is 0.190. The summed E-state index contributed by atoms with van der Waals surface area (Å²) in [6.45, 7) is 0. The minimum absolute atomic E-state index is 0.382. The van der Waals surface area contributed by atoms with Gasteiger partial charge in [0.05, 0.1) is 15.1 Å². The molecule has 0 saturated carbocycles. The number of benzene rings is 2. The van der Waals surface area contributed by atoms with E-state index in [2.05, 4.69) is 0 Å². The molecular weight excluding hydrogens is 410 g/mol. The molecule has 0 atom stereocenters. The molecule has 0 heterocycles. The monoisotopic (exact) mass is 414 g/mol. The molecule has 0 bridgehead atoms. The molecule has 0 spiro atoms. The highest BCUT2D eigenvalue weighted by Crippen LogP contribution is 2.38. The molecule has 0 radical (unpaired) electrons. The maximum atomic E-state index is 11.3. The van der Waals surface area contributed by atoms with E-state index in [-0.39, 0.29) is 0 Å². The SMILES string of the molecule is O=S=C(Sc1ccc(Cl)cc1)Sc1cc(Cl)c(Cl)cc1Cl. The fourth-order valence-electron chi connectivity index (χ4n) is 1.33. The van der Waals surface area contributed by atoms with Crippen molar-refractivity contribution in [3.8, 4) is 0 Å². The van der Waals surface area contributed by atoms with Gasteiger partial charge in [-0.15, -0.1) is 0 Å². The molecule has 0 amide bonds. The van der Waals surface area contributed by atoms with Crippen molar-refractivity contribution in [1.29, 1.82) is 0 Å². The van der Waals surface area contributed by atoms with Gasteiger partial charge >= 0.3 is 0 Å². The van der Waals surface area contributed by atoms with Crippen molar-refractivity contribution in [2.45, 2.75) is 9.79 Å². The van der Waals surface area contributed by atoms with Crippen molar-refractivity contribution in [3.05, 3.63) is 56.5 Å². The third-order valence-electron chi connectivity index (χ3n) is 2.25. The van der Waals surface area contributed by atoms with E-state index < -0.39 is 0 Å². The Morgan fingerprint density at radius 2 is 1.43 bits per heavy atom. The van der Waals surface area contributed by atoms with Crippen LogP contribution >= 0.6 is 69.9 Å². The lowest BCUT2D eigenvalue weighted by molar-refractivity contribution is 0.701. The third kappa shape index (κ3) is 5.10. The van der Waals surface area contributed by atoms with Crippen molar-refractivity contribution in [2.75, 3.05) is 0 Å². The summed E-state index contributed by atoms with van der Waals surface area (Å²) < 4.78 is 11.9. The highest BCUT2D eigenvalue weighted by Gasteiger charge is 2.11. The van der Waals surface area contributed by atoms with Gasteiger partial charge in [0.15, 0.2) is 0 Å². The van der Waals surface area contributed by atoms with Crippen molar-refractivity contribution in [2.24, 2.45) is 0 Å². The van der Waals surface area contributed by atoms with Gasteiger partial charge in [-0.2, -0.15) is 0 Å². The van der Waals surface area contributed by atoms with Gasteiger partial charge < -0.3 is 0 Å². The fraction of sp³-hybridized carbons (Fsp3) is 0. The van der Waals surface area contributed by atoms with Gasteiger partial charge in [0.2, 0.25) is 0 Å². The molecule has 0 fully saturated rings. The summed E-state index contributed by atoms with van der Waals surface area (Å²) in [6.07, 6.45) is 0. The topological polar surface area (TPSA) is 17.1 Å². The average molecular weight is 416 g/mol. The number of rotatable bonds is 2. The Morgan fingerprint density at radius 1 is 0.810 bits per heavy atom. The van der Waals surface area contributed by atoms with E-state index in [1.54, 1.807) is 24.3 Å². The van der Waals surface area contributed by atoms with Gasteiger partial charge in [-0.1, -0.05) is 69.9 Å². The van der Waals surface area contributed by atoms with Crippen LogP contribution in [-0.4, -0.2) is 7.74 Å². The molecule has 0 saturated heterocycles. The van der Waals surface area contributed by atoms with Gasteiger partial charge in [-0.3, -0.25) is 0 Å². The first-order valence-electron chi connectivity index (χ1n) is 5.42. The Morgan fingerprint density at radius 3 is 2.05 bits per heavy atom. The lowest BCUT2D eigenvalue weighted by Gasteiger charge is -2.07. The summed E-state index contributed by atoms with van der Waals surface area (Å²) in [5, 5.41) is 1.89. The van der Waals surface area contributed by atoms with Gasteiger partial charge in [0.25, 0.3) is 0 Å². The smallest absolute Gasteiger partial charge is 0.144 e. The summed E-state index contributed by atoms with van der Waals surface area (Å²) in [4.78, 5) is 1.60. The number of halogens is 4. The van der Waals surface area contributed by atoms with Crippen LogP contribution in [-0.2, 0) is 11.3 Å². The standard InChI is InChI=1S/C13H6Cl4OS3/c14-7-1-3-8(4-2-7)19-13(21-18)20-12-6-10(16)9(15)5-11(12)17/h1-6H. The first-order chi connectivity index (χ1) is 9.99. The van der Waals surface area contributed by atoms with E-state index in [1.807, 2.05) is 12.1 Å². The molecule has 8 heteroatoms. The first kappa shape index (κ1) is 17.5. The molecular formula is C13H6Cl4OS3. The Kier molecular flexibility index (Phi) is 6.81. The maximum Gasteiger partial charge on any atom is 0.144 e. The van der Waals surface area contributed by atoms with E-state index in [0.717, 1.165) is 4.90 Å². The Labute approximate surface area is 154 Å². The van der Waals surface area contributed by atoms with Crippen molar-refractivity contribution in [1.82, 2.24) is 0 Å². The van der Waals surface area contributed by atoms with Crippen LogP contribution in [0.4, 0.5) is 0 Å². The van der Waals surface area contributed by atoms with E-state index in [1.165, 1.54) is 23.5 Å². The summed E-state index contributed by atoms with van der Waals surface area (Å²) in [7, 11) is 0. The zero-order chi connectivity index (χ0) is 15.4. The molecule has 0 aliphatic rings. The number of thioether (sulfide) groups is 2. The molecule has 0 aromatic heterocycles. The van der Waals surface area contributed by atoms with E-state index in [4.69, 9.17) is 46.4 Å². The van der Waals surface area contributed by atoms with Crippen LogP contribution in [0.2, 0.25) is 20.1 Å². The van der Waals surface area contributed by atoms with Gasteiger partial charge in [0, 0.05) is 14.8 Å². The molecule has 0 unspecified atom stereocenters. The largest absolute Gasteiger partial charge is 0.211 e. The second-order valence-corrected chi connectivity index (χ2v) is 8.83. The lowest BCUT2D eigenvalue weighted by Crippen LogP contribution is -1.87. The molecule has 2 rings (SSSR count). The van der Waals surface area contributed by atoms with Crippen LogP contribution in [0.5, 0.6) is 0 Å². The van der Waals surface area contributed by atoms with Crippen LogP contribution in [0.15, 0.2) is 46.2 Å². The Balaban J connectivity index is 2.19. The lowest BCUT2D eigenvalue weighted by atomic mass is 10.4. The van der Waals surface area contributed by atoms with Crippen molar-refractivity contribution >= 4 is 84.7 Å². The summed E-state index contributed by atoms with van der Waals surface area (Å²) in [5.41, 5.74) is 0. The van der Waals surface area contributed by atoms with Crippen LogP contribution in [0.3, 0.4) is 0 Å². The molecule has 0 N–H and O–H groups in total. The molecule has 1 nitrogen and oxygen atoms in total. The molecule has 21 heavy (non-hydrogen) atoms. The molecule has 0 aliphatic carbocycles. The van der Waals surface area contributed by atoms with Crippen LogP contribution in [0.1, 0.15) is 0 Å². The summed E-state index contributed by atoms with van der Waals surface area (Å²) in [6, 6.07) is 10.4. The van der Waals surface area contributed by atoms with Gasteiger partial charge in [0.1, 0.15) is 14.8 Å². The van der Waals surface area contributed by atoms with E-state index >= 15 is 0 Å². The average Bonchev–Trinajstić information content (AvgIpc) is 2.46. The quantitative estimate of drug-likeness (QED) is 0.317. The molecule has 0 aliphatic heterocycles. The highest BCUT2D eigenvalue weighted by molar-refractivity contribution is 8.45. The molecule has 2 aromatic carbocycles. The predicted molar refractivity (Wildman–Crippen MR) is 97.8 cm³/mol. The van der Waals surface area contributed by atoms with Crippen LogP contribution in [0, 0.1) is 0 Å². The summed E-state index contributed by atoms with van der Waals surface area (Å²) >= 11 is 26.8. The number of hydrogen-bond acceptors (Lipinski definition) is 3. The van der Waals surface area contributed by atoms with Gasteiger partial charge in [-0.25, -0.2) is 4.21 Å². The second-order valence-electron chi connectivity index (χ2n) is 3.69. The zero-order valence-electron chi connectivity index (χ0n) is 10.1. The Bertz CT molecular complexity index is 712. The third-order valence-corrected chi connectivity index (χ3v) is 6.59.